The number of benzene rings is 11. The summed E-state index contributed by atoms with van der Waals surface area (Å²) >= 11 is 0. The maximum atomic E-state index is 17.4. The molecule has 0 fully saturated rings. The van der Waals surface area contributed by atoms with Crippen LogP contribution in [0.4, 0.5) is 0 Å². The number of hydrogen-bond donors (Lipinski definition) is 0. The van der Waals surface area contributed by atoms with Gasteiger partial charge in [0, 0.05) is 48.3 Å². The van der Waals surface area contributed by atoms with Crippen molar-refractivity contribution in [3.63, 3.8) is 0 Å². The first-order chi connectivity index (χ1) is 31.0. The summed E-state index contributed by atoms with van der Waals surface area (Å²) in [7, 11) is -7.55. The van der Waals surface area contributed by atoms with Crippen LogP contribution in [0.15, 0.2) is 237 Å². The molecule has 0 aliphatic carbocycles. The predicted molar refractivity (Wildman–Crippen MR) is 270 cm³/mol. The van der Waals surface area contributed by atoms with Crippen LogP contribution in [0.2, 0.25) is 0 Å². The minimum Gasteiger partial charge on any atom is -0.309 e. The van der Waals surface area contributed by atoms with Gasteiger partial charge < -0.3 is 13.7 Å². The average Bonchev–Trinajstić information content (AvgIpc) is 3.70. The largest absolute Gasteiger partial charge is 0.309 e. The third-order valence-corrected chi connectivity index (χ3v) is 19.0. The Kier molecular flexibility index (Phi) is 8.73. The number of rotatable bonds is 7. The maximum Gasteiger partial charge on any atom is 0.171 e. The van der Waals surface area contributed by atoms with Crippen molar-refractivity contribution >= 4 is 111 Å². The molecule has 0 N–H and O–H groups in total. The molecule has 0 aliphatic rings. The Hall–Kier alpha value is -7.28. The second kappa shape index (κ2) is 14.7. The highest BCUT2D eigenvalue weighted by Gasteiger charge is 2.38. The Labute approximate surface area is 365 Å². The fourth-order valence-electron chi connectivity index (χ4n) is 9.99. The van der Waals surface area contributed by atoms with E-state index in [1.807, 2.05) is 91.0 Å². The van der Waals surface area contributed by atoms with Crippen LogP contribution < -0.4 is 31.8 Å². The van der Waals surface area contributed by atoms with Gasteiger partial charge in [0.15, 0.2) is 14.3 Å². The summed E-state index contributed by atoms with van der Waals surface area (Å²) in [5.41, 5.74) is 2.82. The fourth-order valence-corrected chi connectivity index (χ4v) is 16.0. The summed E-state index contributed by atoms with van der Waals surface area (Å²) in [5, 5.41) is 14.5. The summed E-state index contributed by atoms with van der Waals surface area (Å²) in [6.07, 6.45) is 0. The van der Waals surface area contributed by atoms with Gasteiger partial charge >= 0.3 is 0 Å². The van der Waals surface area contributed by atoms with E-state index in [2.05, 4.69) is 150 Å². The van der Waals surface area contributed by atoms with Gasteiger partial charge in [-0.1, -0.05) is 194 Å². The van der Waals surface area contributed by atoms with Gasteiger partial charge in [0.25, 0.3) is 0 Å². The SMILES string of the molecule is O=P(c1ccccc1)(c1cc(-n2c3ccccc3c3ccccc32)cc(P(=O)(c2ccccc2)c2cc3ccccc3c3ccccc23)c1)c1cc2ccccc2c2ccccc12. The van der Waals surface area contributed by atoms with E-state index in [-0.39, 0.29) is 0 Å². The molecular weight excluding hydrogens is 805 g/mol. The lowest BCUT2D eigenvalue weighted by atomic mass is 10.0. The van der Waals surface area contributed by atoms with Crippen molar-refractivity contribution in [2.24, 2.45) is 0 Å². The van der Waals surface area contributed by atoms with Gasteiger partial charge in [-0.3, -0.25) is 0 Å². The van der Waals surface area contributed by atoms with Crippen molar-refractivity contribution in [3.05, 3.63) is 237 Å². The summed E-state index contributed by atoms with van der Waals surface area (Å²) < 4.78 is 37.0. The topological polar surface area (TPSA) is 39.1 Å². The molecule has 3 nitrogen and oxygen atoms in total. The van der Waals surface area contributed by atoms with Gasteiger partial charge in [0.2, 0.25) is 0 Å². The van der Waals surface area contributed by atoms with Crippen LogP contribution in [0.5, 0.6) is 0 Å². The van der Waals surface area contributed by atoms with E-state index in [1.165, 1.54) is 0 Å². The smallest absolute Gasteiger partial charge is 0.171 e. The average molecular weight is 844 g/mol. The Balaban J connectivity index is 1.27. The van der Waals surface area contributed by atoms with Crippen molar-refractivity contribution < 1.29 is 9.13 Å². The molecule has 298 valence electrons. The molecule has 2 unspecified atom stereocenters. The van der Waals surface area contributed by atoms with Crippen molar-refractivity contribution in [1.82, 2.24) is 4.57 Å². The van der Waals surface area contributed by atoms with E-state index in [1.54, 1.807) is 0 Å². The van der Waals surface area contributed by atoms with Gasteiger partial charge in [-0.2, -0.15) is 0 Å². The molecule has 1 aromatic heterocycles. The second-order valence-electron chi connectivity index (χ2n) is 16.3. The van der Waals surface area contributed by atoms with Gasteiger partial charge in [0.1, 0.15) is 0 Å². The van der Waals surface area contributed by atoms with Crippen molar-refractivity contribution in [3.8, 4) is 5.69 Å². The molecule has 0 amide bonds. The lowest BCUT2D eigenvalue weighted by molar-refractivity contribution is 0.592. The number of aromatic nitrogens is 1. The fraction of sp³-hybridized carbons (Fsp3) is 0. The molecule has 0 saturated carbocycles. The van der Waals surface area contributed by atoms with Gasteiger partial charge in [-0.15, -0.1) is 0 Å². The van der Waals surface area contributed by atoms with Crippen molar-refractivity contribution in [2.75, 3.05) is 0 Å². The number of fused-ring (bicyclic) bond motifs is 9. The molecule has 12 rings (SSSR count). The number of hydrogen-bond acceptors (Lipinski definition) is 2. The molecule has 5 heteroatoms. The standard InChI is InChI=1S/C58H39NO2P2/c60-62(43-21-3-1-4-22-43,57-35-40-19-7-9-25-47(40)49-27-11-13-31-53(49)57)45-37-42(59-55-33-17-15-29-51(55)52-30-16-18-34-56(52)59)38-46(39-45)63(61,44-23-5-2-6-24-44)58-36-41-20-8-10-26-48(41)50-28-12-14-32-54(50)58/h1-39H. The molecule has 0 aliphatic heterocycles. The van der Waals surface area contributed by atoms with Crippen LogP contribution in [-0.4, -0.2) is 4.57 Å². The highest BCUT2D eigenvalue weighted by atomic mass is 31.2. The molecule has 0 spiro atoms. The molecule has 0 bridgehead atoms. The summed E-state index contributed by atoms with van der Waals surface area (Å²) in [6, 6.07) is 80.5. The van der Waals surface area contributed by atoms with Crippen molar-refractivity contribution in [1.29, 1.82) is 0 Å². The molecule has 1 heterocycles. The van der Waals surface area contributed by atoms with E-state index in [0.29, 0.717) is 21.2 Å². The van der Waals surface area contributed by atoms with Gasteiger partial charge in [0.05, 0.1) is 11.0 Å². The zero-order valence-electron chi connectivity index (χ0n) is 34.2. The van der Waals surface area contributed by atoms with E-state index < -0.39 is 14.3 Å². The minimum absolute atomic E-state index is 0.616. The summed E-state index contributed by atoms with van der Waals surface area (Å²) in [4.78, 5) is 0. The zero-order chi connectivity index (χ0) is 42.1. The van der Waals surface area contributed by atoms with E-state index in [9.17, 15) is 0 Å². The highest BCUT2D eigenvalue weighted by Crippen LogP contribution is 2.50. The first-order valence-electron chi connectivity index (χ1n) is 21.3. The lowest BCUT2D eigenvalue weighted by Gasteiger charge is -2.27. The van der Waals surface area contributed by atoms with E-state index in [0.717, 1.165) is 81.2 Å². The van der Waals surface area contributed by atoms with Crippen LogP contribution in [0, 0.1) is 0 Å². The lowest BCUT2D eigenvalue weighted by Crippen LogP contribution is -2.32. The molecule has 2 atom stereocenters. The quantitative estimate of drug-likeness (QED) is 0.118. The Bertz CT molecular complexity index is 3630. The molecule has 0 radical (unpaired) electrons. The Morgan fingerprint density at radius 3 is 1.03 bits per heavy atom. The van der Waals surface area contributed by atoms with E-state index in [4.69, 9.17) is 0 Å². The molecule has 11 aromatic carbocycles. The van der Waals surface area contributed by atoms with Gasteiger partial charge in [-0.05, 0) is 85.6 Å². The second-order valence-corrected chi connectivity index (χ2v) is 21.8. The minimum atomic E-state index is -3.78. The molecule has 12 aromatic rings. The highest BCUT2D eigenvalue weighted by molar-refractivity contribution is 7.87. The summed E-state index contributed by atoms with van der Waals surface area (Å²) in [5.74, 6) is 0. The van der Waals surface area contributed by atoms with Gasteiger partial charge in [-0.25, -0.2) is 0 Å². The number of nitrogens with zero attached hydrogens (tertiary/aromatic N) is 1. The van der Waals surface area contributed by atoms with Crippen LogP contribution in [0.25, 0.3) is 70.6 Å². The molecule has 63 heavy (non-hydrogen) atoms. The monoisotopic (exact) mass is 843 g/mol. The maximum absolute atomic E-state index is 17.4. The first-order valence-corrected chi connectivity index (χ1v) is 24.7. The first kappa shape index (κ1) is 37.5. The third kappa shape index (κ3) is 5.74. The zero-order valence-corrected chi connectivity index (χ0v) is 36.0. The normalized spacial score (nSPS) is 13.8. The van der Waals surface area contributed by atoms with E-state index >= 15 is 9.13 Å². The third-order valence-electron chi connectivity index (χ3n) is 12.9. The van der Waals surface area contributed by atoms with Crippen LogP contribution >= 0.6 is 14.3 Å². The number of para-hydroxylation sites is 2. The van der Waals surface area contributed by atoms with Crippen LogP contribution in [0.1, 0.15) is 0 Å². The molecular formula is C58H39NO2P2. The predicted octanol–water partition coefficient (Wildman–Crippen LogP) is 12.7. The van der Waals surface area contributed by atoms with Crippen LogP contribution in [0.3, 0.4) is 0 Å². The Morgan fingerprint density at radius 2 is 0.603 bits per heavy atom. The molecule has 0 saturated heterocycles. The van der Waals surface area contributed by atoms with Crippen molar-refractivity contribution in [2.45, 2.75) is 0 Å². The van der Waals surface area contributed by atoms with Crippen LogP contribution in [-0.2, 0) is 9.13 Å². The Morgan fingerprint density at radius 1 is 0.270 bits per heavy atom. The summed E-state index contributed by atoms with van der Waals surface area (Å²) in [6.45, 7) is 0.